The van der Waals surface area contributed by atoms with Crippen LogP contribution in [0.15, 0.2) is 72.0 Å². The van der Waals surface area contributed by atoms with Gasteiger partial charge in [-0.1, -0.05) is 54.1 Å². The van der Waals surface area contributed by atoms with Crippen molar-refractivity contribution in [3.05, 3.63) is 94.3 Å². The molecule has 162 valence electrons. The van der Waals surface area contributed by atoms with Gasteiger partial charge >= 0.3 is 0 Å². The number of benzene rings is 2. The molecule has 6 nitrogen and oxygen atoms in total. The predicted octanol–water partition coefficient (Wildman–Crippen LogP) is 3.93. The summed E-state index contributed by atoms with van der Waals surface area (Å²) in [6.45, 7) is 1.96. The molecule has 1 atom stereocenters. The molecule has 0 aliphatic carbocycles. The van der Waals surface area contributed by atoms with E-state index in [1.54, 1.807) is 19.4 Å². The van der Waals surface area contributed by atoms with Gasteiger partial charge in [0.05, 0.1) is 17.6 Å². The molecule has 1 unspecified atom stereocenters. The number of anilines is 1. The van der Waals surface area contributed by atoms with E-state index in [-0.39, 0.29) is 18.2 Å². The second kappa shape index (κ2) is 9.32. The average molecular weight is 447 g/mol. The Balaban J connectivity index is 1.60. The van der Waals surface area contributed by atoms with Crippen LogP contribution in [0.2, 0.25) is 5.02 Å². The summed E-state index contributed by atoms with van der Waals surface area (Å²) in [5.74, 6) is -0.597. The maximum absolute atomic E-state index is 13.1. The summed E-state index contributed by atoms with van der Waals surface area (Å²) >= 11 is 6.29. The van der Waals surface area contributed by atoms with Crippen molar-refractivity contribution in [3.8, 4) is 0 Å². The number of aliphatic imine (C=N–C) groups is 1. The van der Waals surface area contributed by atoms with Crippen LogP contribution in [0.25, 0.3) is 0 Å². The lowest BCUT2D eigenvalue weighted by atomic mass is 10.0. The molecule has 2 heterocycles. The number of carbonyl (C=O) groups is 2. The number of amides is 2. The highest BCUT2D eigenvalue weighted by atomic mass is 35.5. The fourth-order valence-corrected chi connectivity index (χ4v) is 3.99. The first-order valence-corrected chi connectivity index (χ1v) is 10.7. The van der Waals surface area contributed by atoms with Crippen molar-refractivity contribution < 1.29 is 9.59 Å². The van der Waals surface area contributed by atoms with Crippen LogP contribution < -0.4 is 10.2 Å². The largest absolute Gasteiger partial charge is 0.327 e. The topological polar surface area (TPSA) is 74.7 Å². The molecule has 3 aromatic rings. The molecule has 0 bridgehead atoms. The number of rotatable bonds is 5. The van der Waals surface area contributed by atoms with Crippen molar-refractivity contribution in [2.24, 2.45) is 4.99 Å². The van der Waals surface area contributed by atoms with Crippen molar-refractivity contribution in [2.45, 2.75) is 25.9 Å². The van der Waals surface area contributed by atoms with E-state index in [4.69, 9.17) is 11.6 Å². The monoisotopic (exact) mass is 446 g/mol. The minimum Gasteiger partial charge on any atom is -0.327 e. The van der Waals surface area contributed by atoms with E-state index < -0.39 is 6.17 Å². The second-order valence-electron chi connectivity index (χ2n) is 7.70. The van der Waals surface area contributed by atoms with Crippen molar-refractivity contribution >= 4 is 34.8 Å². The average Bonchev–Trinajstić information content (AvgIpc) is 2.90. The highest BCUT2D eigenvalue weighted by Gasteiger charge is 2.31. The highest BCUT2D eigenvalue weighted by molar-refractivity contribution is 6.31. The number of halogens is 1. The summed E-state index contributed by atoms with van der Waals surface area (Å²) in [5, 5.41) is 3.43. The Morgan fingerprint density at radius 2 is 1.94 bits per heavy atom. The van der Waals surface area contributed by atoms with E-state index >= 15 is 0 Å². The van der Waals surface area contributed by atoms with E-state index in [2.05, 4.69) is 15.3 Å². The van der Waals surface area contributed by atoms with Gasteiger partial charge in [-0.3, -0.25) is 14.6 Å². The van der Waals surface area contributed by atoms with Crippen molar-refractivity contribution in [3.63, 3.8) is 0 Å². The molecular weight excluding hydrogens is 424 g/mol. The zero-order valence-corrected chi connectivity index (χ0v) is 18.6. The number of likely N-dealkylation sites (N-methyl/N-ethyl adjacent to an activating group) is 1. The first kappa shape index (κ1) is 21.7. The molecule has 1 N–H and O–H groups in total. The van der Waals surface area contributed by atoms with Gasteiger partial charge in [-0.25, -0.2) is 4.99 Å². The number of fused-ring (bicyclic) bond motifs is 1. The molecule has 0 fully saturated rings. The quantitative estimate of drug-likeness (QED) is 0.645. The third-order valence-corrected chi connectivity index (χ3v) is 5.77. The van der Waals surface area contributed by atoms with Gasteiger partial charge in [-0.15, -0.1) is 0 Å². The van der Waals surface area contributed by atoms with E-state index in [0.29, 0.717) is 22.8 Å². The minimum atomic E-state index is -1.04. The molecule has 2 amide bonds. The van der Waals surface area contributed by atoms with Crippen molar-refractivity contribution in [2.75, 3.05) is 11.9 Å². The number of nitrogens with zero attached hydrogens (tertiary/aromatic N) is 3. The molecule has 7 heteroatoms. The fourth-order valence-electron chi connectivity index (χ4n) is 3.66. The number of carbonyl (C=O) groups excluding carboxylic acids is 2. The molecule has 1 aromatic heterocycles. The lowest BCUT2D eigenvalue weighted by molar-refractivity contribution is -0.127. The standard InChI is InChI=1S/C25H23ClN4O2/c1-16-8-9-17(20(26)14-16)10-11-22(31)28-24-25(32)30(2)21-15-27-13-12-19(21)23(29-24)18-6-4-3-5-7-18/h3-9,12-15,24H,10-11H2,1-2H3,(H,28,31). The lowest BCUT2D eigenvalue weighted by Crippen LogP contribution is -2.46. The number of hydrogen-bond donors (Lipinski definition) is 1. The van der Waals surface area contributed by atoms with Gasteiger partial charge in [0.25, 0.3) is 5.91 Å². The smallest absolute Gasteiger partial charge is 0.272 e. The highest BCUT2D eigenvalue weighted by Crippen LogP contribution is 2.26. The summed E-state index contributed by atoms with van der Waals surface area (Å²) in [6.07, 6.45) is 2.93. The van der Waals surface area contributed by atoms with Crippen LogP contribution in [0.3, 0.4) is 0 Å². The third kappa shape index (κ3) is 4.55. The Morgan fingerprint density at radius 3 is 2.69 bits per heavy atom. The van der Waals surface area contributed by atoms with Gasteiger partial charge < -0.3 is 10.2 Å². The van der Waals surface area contributed by atoms with Crippen molar-refractivity contribution in [1.82, 2.24) is 10.3 Å². The van der Waals surface area contributed by atoms with E-state index in [9.17, 15) is 9.59 Å². The van der Waals surface area contributed by atoms with Crippen LogP contribution in [0, 0.1) is 6.92 Å². The molecule has 0 saturated carbocycles. The number of nitrogens with one attached hydrogen (secondary N) is 1. The predicted molar refractivity (Wildman–Crippen MR) is 126 cm³/mol. The number of aromatic nitrogens is 1. The van der Waals surface area contributed by atoms with E-state index in [1.807, 2.05) is 61.5 Å². The van der Waals surface area contributed by atoms with Gasteiger partial charge in [-0.05, 0) is 36.6 Å². The van der Waals surface area contributed by atoms with Gasteiger partial charge in [-0.2, -0.15) is 0 Å². The maximum Gasteiger partial charge on any atom is 0.272 e. The summed E-state index contributed by atoms with van der Waals surface area (Å²) < 4.78 is 0. The van der Waals surface area contributed by atoms with E-state index in [0.717, 1.165) is 22.3 Å². The van der Waals surface area contributed by atoms with Crippen LogP contribution in [0.5, 0.6) is 0 Å². The number of hydrogen-bond acceptors (Lipinski definition) is 4. The summed E-state index contributed by atoms with van der Waals surface area (Å²) in [5.41, 5.74) is 4.87. The second-order valence-corrected chi connectivity index (χ2v) is 8.11. The normalized spacial score (nSPS) is 15.6. The molecule has 32 heavy (non-hydrogen) atoms. The molecule has 1 aliphatic heterocycles. The number of pyridine rings is 1. The van der Waals surface area contributed by atoms with Crippen LogP contribution in [0.4, 0.5) is 5.69 Å². The van der Waals surface area contributed by atoms with Gasteiger partial charge in [0.2, 0.25) is 12.1 Å². The summed E-state index contributed by atoms with van der Waals surface area (Å²) in [4.78, 5) is 36.2. The van der Waals surface area contributed by atoms with Gasteiger partial charge in [0, 0.05) is 35.8 Å². The summed E-state index contributed by atoms with van der Waals surface area (Å²) in [6, 6.07) is 17.2. The third-order valence-electron chi connectivity index (χ3n) is 5.41. The van der Waals surface area contributed by atoms with Gasteiger partial charge in [0.15, 0.2) is 0 Å². The van der Waals surface area contributed by atoms with Crippen LogP contribution in [-0.2, 0) is 16.0 Å². The fraction of sp³-hybridized carbons (Fsp3) is 0.200. The van der Waals surface area contributed by atoms with E-state index in [1.165, 1.54) is 4.90 Å². The lowest BCUT2D eigenvalue weighted by Gasteiger charge is -2.20. The molecule has 2 aromatic carbocycles. The molecule has 0 saturated heterocycles. The zero-order valence-electron chi connectivity index (χ0n) is 17.9. The minimum absolute atomic E-state index is 0.195. The molecule has 0 spiro atoms. The number of aryl methyl sites for hydroxylation is 2. The van der Waals surface area contributed by atoms with Crippen LogP contribution in [-0.4, -0.2) is 35.7 Å². The first-order valence-electron chi connectivity index (χ1n) is 10.3. The van der Waals surface area contributed by atoms with Gasteiger partial charge in [0.1, 0.15) is 0 Å². The Labute approximate surface area is 192 Å². The molecule has 1 aliphatic rings. The Kier molecular flexibility index (Phi) is 6.32. The Bertz CT molecular complexity index is 1190. The molecule has 4 rings (SSSR count). The van der Waals surface area contributed by atoms with Crippen molar-refractivity contribution in [1.29, 1.82) is 0 Å². The van der Waals surface area contributed by atoms with Crippen LogP contribution in [0.1, 0.15) is 28.7 Å². The Hall–Kier alpha value is -3.51. The molecule has 0 radical (unpaired) electrons. The SMILES string of the molecule is Cc1ccc(CCC(=O)NC2N=C(c3ccccc3)c3ccncc3N(C)C2=O)c(Cl)c1. The molecular formula is C25H23ClN4O2. The zero-order chi connectivity index (χ0) is 22.7. The Morgan fingerprint density at radius 1 is 1.16 bits per heavy atom. The maximum atomic E-state index is 13.1. The van der Waals surface area contributed by atoms with Crippen LogP contribution >= 0.6 is 11.6 Å². The summed E-state index contributed by atoms with van der Waals surface area (Å²) in [7, 11) is 1.66. The first-order chi connectivity index (χ1) is 15.4.